The molecule has 0 fully saturated rings. The minimum absolute atomic E-state index is 0.657. The maximum atomic E-state index is 3.52. The first-order valence-electron chi connectivity index (χ1n) is 6.36. The van der Waals surface area contributed by atoms with E-state index in [0.717, 1.165) is 26.2 Å². The molecule has 0 spiro atoms. The molecule has 1 heterocycles. The first-order chi connectivity index (χ1) is 7.85. The van der Waals surface area contributed by atoms with Gasteiger partial charge in [0.25, 0.3) is 0 Å². The van der Waals surface area contributed by atoms with Crippen LogP contribution in [0.15, 0.2) is 24.3 Å². The highest BCUT2D eigenvalue weighted by Gasteiger charge is 2.20. The summed E-state index contributed by atoms with van der Waals surface area (Å²) >= 11 is 0. The van der Waals surface area contributed by atoms with Crippen LogP contribution in [-0.2, 0) is 6.54 Å². The maximum absolute atomic E-state index is 3.52. The van der Waals surface area contributed by atoms with Crippen molar-refractivity contribution < 1.29 is 0 Å². The summed E-state index contributed by atoms with van der Waals surface area (Å²) in [5.74, 6) is 0.657. The Morgan fingerprint density at radius 3 is 2.75 bits per heavy atom. The fourth-order valence-corrected chi connectivity index (χ4v) is 2.54. The average molecular weight is 218 g/mol. The van der Waals surface area contributed by atoms with Gasteiger partial charge in [-0.2, -0.15) is 0 Å². The quantitative estimate of drug-likeness (QED) is 0.833. The molecule has 2 rings (SSSR count). The third kappa shape index (κ3) is 2.45. The lowest BCUT2D eigenvalue weighted by Gasteiger charge is -2.30. The maximum Gasteiger partial charge on any atom is 0.0208 e. The predicted molar refractivity (Wildman–Crippen MR) is 68.7 cm³/mol. The Kier molecular flexibility index (Phi) is 3.97. The van der Waals surface area contributed by atoms with Gasteiger partial charge in [0.1, 0.15) is 0 Å². The first kappa shape index (κ1) is 11.6. The number of hydrogen-bond donors (Lipinski definition) is 1. The summed E-state index contributed by atoms with van der Waals surface area (Å²) in [7, 11) is 0. The van der Waals surface area contributed by atoms with Crippen LogP contribution in [0.2, 0.25) is 0 Å². The standard InChI is InChI=1S/C14H22N2/c1-3-16(4-2)11-13-10-15-9-12-7-5-6-8-14(12)13/h5-8,13,15H,3-4,9-11H2,1-2H3/t13-/m0/s1. The fraction of sp³-hybridized carbons (Fsp3) is 0.571. The molecule has 88 valence electrons. The van der Waals surface area contributed by atoms with E-state index in [9.17, 15) is 0 Å². The van der Waals surface area contributed by atoms with E-state index in [-0.39, 0.29) is 0 Å². The fourth-order valence-electron chi connectivity index (χ4n) is 2.54. The lowest BCUT2D eigenvalue weighted by Crippen LogP contribution is -2.36. The van der Waals surface area contributed by atoms with Crippen molar-refractivity contribution in [1.29, 1.82) is 0 Å². The van der Waals surface area contributed by atoms with Gasteiger partial charge in [0.2, 0.25) is 0 Å². The van der Waals surface area contributed by atoms with Crippen molar-refractivity contribution in [2.75, 3.05) is 26.2 Å². The van der Waals surface area contributed by atoms with Crippen molar-refractivity contribution >= 4 is 0 Å². The lowest BCUT2D eigenvalue weighted by molar-refractivity contribution is 0.275. The summed E-state index contributed by atoms with van der Waals surface area (Å²) in [6.07, 6.45) is 0. The molecule has 1 aromatic rings. The zero-order valence-corrected chi connectivity index (χ0v) is 10.4. The highest BCUT2D eigenvalue weighted by molar-refractivity contribution is 5.32. The number of fused-ring (bicyclic) bond motifs is 1. The summed E-state index contributed by atoms with van der Waals surface area (Å²) in [4.78, 5) is 2.51. The summed E-state index contributed by atoms with van der Waals surface area (Å²) in [5, 5.41) is 3.52. The van der Waals surface area contributed by atoms with Crippen molar-refractivity contribution in [3.8, 4) is 0 Å². The Labute approximate surface area is 98.7 Å². The van der Waals surface area contributed by atoms with Gasteiger partial charge >= 0.3 is 0 Å². The molecular formula is C14H22N2. The van der Waals surface area contributed by atoms with Crippen LogP contribution in [0.4, 0.5) is 0 Å². The van der Waals surface area contributed by atoms with Gasteiger partial charge in [0.05, 0.1) is 0 Å². The topological polar surface area (TPSA) is 15.3 Å². The van der Waals surface area contributed by atoms with Crippen LogP contribution in [0.5, 0.6) is 0 Å². The van der Waals surface area contributed by atoms with E-state index in [4.69, 9.17) is 0 Å². The van der Waals surface area contributed by atoms with Gasteiger partial charge in [-0.25, -0.2) is 0 Å². The second-order valence-corrected chi connectivity index (χ2v) is 4.51. The number of benzene rings is 1. The lowest BCUT2D eigenvalue weighted by atomic mass is 9.90. The molecule has 1 aliphatic rings. The molecule has 0 aliphatic carbocycles. The van der Waals surface area contributed by atoms with Gasteiger partial charge in [0, 0.05) is 25.6 Å². The minimum atomic E-state index is 0.657. The highest BCUT2D eigenvalue weighted by Crippen LogP contribution is 2.24. The van der Waals surface area contributed by atoms with E-state index in [1.165, 1.54) is 12.1 Å². The second kappa shape index (κ2) is 5.46. The van der Waals surface area contributed by atoms with Gasteiger partial charge in [-0.05, 0) is 24.2 Å². The van der Waals surface area contributed by atoms with E-state index in [0.29, 0.717) is 5.92 Å². The van der Waals surface area contributed by atoms with Gasteiger partial charge in [-0.1, -0.05) is 38.1 Å². The number of hydrogen-bond acceptors (Lipinski definition) is 2. The minimum Gasteiger partial charge on any atom is -0.312 e. The molecule has 0 radical (unpaired) electrons. The molecule has 0 amide bonds. The zero-order valence-electron chi connectivity index (χ0n) is 10.4. The molecule has 2 heteroatoms. The SMILES string of the molecule is CCN(CC)C[C@@H]1CNCc2ccccc21. The molecule has 1 aliphatic heterocycles. The molecule has 1 N–H and O–H groups in total. The zero-order chi connectivity index (χ0) is 11.4. The van der Waals surface area contributed by atoms with Gasteiger partial charge in [0.15, 0.2) is 0 Å². The summed E-state index contributed by atoms with van der Waals surface area (Å²) in [6, 6.07) is 8.85. The molecule has 1 aromatic carbocycles. The van der Waals surface area contributed by atoms with E-state index >= 15 is 0 Å². The van der Waals surface area contributed by atoms with Crippen LogP contribution >= 0.6 is 0 Å². The molecule has 2 nitrogen and oxygen atoms in total. The van der Waals surface area contributed by atoms with Crippen LogP contribution in [0.1, 0.15) is 30.9 Å². The Hall–Kier alpha value is -0.860. The summed E-state index contributed by atoms with van der Waals surface area (Å²) in [6.45, 7) is 10.1. The van der Waals surface area contributed by atoms with Crippen molar-refractivity contribution in [3.63, 3.8) is 0 Å². The Bertz CT molecular complexity index is 331. The monoisotopic (exact) mass is 218 g/mol. The van der Waals surface area contributed by atoms with Crippen LogP contribution in [0.3, 0.4) is 0 Å². The number of likely N-dealkylation sites (N-methyl/N-ethyl adjacent to an activating group) is 1. The van der Waals surface area contributed by atoms with E-state index in [2.05, 4.69) is 48.3 Å². The highest BCUT2D eigenvalue weighted by atomic mass is 15.1. The second-order valence-electron chi connectivity index (χ2n) is 4.51. The third-order valence-electron chi connectivity index (χ3n) is 3.57. The van der Waals surface area contributed by atoms with Crippen LogP contribution in [0.25, 0.3) is 0 Å². The van der Waals surface area contributed by atoms with E-state index in [1.54, 1.807) is 5.56 Å². The Morgan fingerprint density at radius 2 is 2.00 bits per heavy atom. The van der Waals surface area contributed by atoms with Crippen molar-refractivity contribution in [2.45, 2.75) is 26.3 Å². The van der Waals surface area contributed by atoms with Crippen LogP contribution < -0.4 is 5.32 Å². The van der Waals surface area contributed by atoms with Gasteiger partial charge in [-0.3, -0.25) is 0 Å². The molecule has 0 unspecified atom stereocenters. The third-order valence-corrected chi connectivity index (χ3v) is 3.57. The summed E-state index contributed by atoms with van der Waals surface area (Å²) in [5.41, 5.74) is 3.03. The number of rotatable bonds is 4. The molecule has 0 bridgehead atoms. The smallest absolute Gasteiger partial charge is 0.0208 e. The van der Waals surface area contributed by atoms with Crippen molar-refractivity contribution in [3.05, 3.63) is 35.4 Å². The summed E-state index contributed by atoms with van der Waals surface area (Å²) < 4.78 is 0. The average Bonchev–Trinajstić information content (AvgIpc) is 2.36. The molecule has 0 aromatic heterocycles. The van der Waals surface area contributed by atoms with Gasteiger partial charge in [-0.15, -0.1) is 0 Å². The molecule has 16 heavy (non-hydrogen) atoms. The largest absolute Gasteiger partial charge is 0.312 e. The van der Waals surface area contributed by atoms with Crippen molar-refractivity contribution in [2.24, 2.45) is 0 Å². The van der Waals surface area contributed by atoms with Crippen molar-refractivity contribution in [1.82, 2.24) is 10.2 Å². The Morgan fingerprint density at radius 1 is 1.25 bits per heavy atom. The molecular weight excluding hydrogens is 196 g/mol. The molecule has 0 saturated heterocycles. The van der Waals surface area contributed by atoms with Crippen LogP contribution in [-0.4, -0.2) is 31.1 Å². The predicted octanol–water partition coefficient (Wildman–Crippen LogP) is 2.22. The Balaban J connectivity index is 2.12. The molecule has 0 saturated carbocycles. The van der Waals surface area contributed by atoms with E-state index in [1.807, 2.05) is 0 Å². The van der Waals surface area contributed by atoms with E-state index < -0.39 is 0 Å². The normalized spacial score (nSPS) is 19.8. The molecule has 1 atom stereocenters. The first-order valence-corrected chi connectivity index (χ1v) is 6.36. The number of nitrogens with one attached hydrogen (secondary N) is 1. The number of nitrogens with zero attached hydrogens (tertiary/aromatic N) is 1. The van der Waals surface area contributed by atoms with Crippen LogP contribution in [0, 0.1) is 0 Å². The van der Waals surface area contributed by atoms with Gasteiger partial charge < -0.3 is 10.2 Å².